The summed E-state index contributed by atoms with van der Waals surface area (Å²) < 4.78 is 0. The number of ketones is 1. The van der Waals surface area contributed by atoms with Crippen LogP contribution >= 0.6 is 0 Å². The molecular formula is C7H6O3. The monoisotopic (exact) mass is 138 g/mol. The van der Waals surface area contributed by atoms with Crippen molar-refractivity contribution in [1.29, 1.82) is 0 Å². The lowest BCUT2D eigenvalue weighted by Gasteiger charge is -2.05. The Bertz CT molecular complexity index is 213. The Labute approximate surface area is 58.2 Å². The molecule has 1 aliphatic heterocycles. The second-order valence-corrected chi connectivity index (χ2v) is 1.61. The molecule has 0 atom stereocenters. The number of carbonyl (C=O) groups is 1. The van der Waals surface area contributed by atoms with Gasteiger partial charge in [-0.15, -0.1) is 0 Å². The van der Waals surface area contributed by atoms with Crippen molar-refractivity contribution >= 4 is 5.78 Å². The van der Waals surface area contributed by atoms with Crippen LogP contribution in [0.25, 0.3) is 0 Å². The Kier molecular flexibility index (Phi) is 1.89. The first-order valence-electron chi connectivity index (χ1n) is 2.71. The minimum Gasteiger partial charge on any atom is -0.298 e. The second kappa shape index (κ2) is 2.87. The summed E-state index contributed by atoms with van der Waals surface area (Å²) in [6, 6.07) is 0. The molecule has 0 saturated heterocycles. The topological polar surface area (TPSA) is 35.5 Å². The zero-order chi connectivity index (χ0) is 7.40. The molecule has 0 saturated carbocycles. The molecule has 10 heavy (non-hydrogen) atoms. The van der Waals surface area contributed by atoms with Crippen molar-refractivity contribution in [3.8, 4) is 0 Å². The molecular weight excluding hydrogens is 132 g/mol. The predicted molar refractivity (Wildman–Crippen MR) is 34.6 cm³/mol. The fourth-order valence-corrected chi connectivity index (χ4v) is 0.490. The van der Waals surface area contributed by atoms with Crippen molar-refractivity contribution < 1.29 is 14.6 Å². The molecule has 3 nitrogen and oxygen atoms in total. The molecule has 0 unspecified atom stereocenters. The van der Waals surface area contributed by atoms with Crippen LogP contribution in [0.3, 0.4) is 0 Å². The van der Waals surface area contributed by atoms with Gasteiger partial charge in [0.1, 0.15) is 6.26 Å². The summed E-state index contributed by atoms with van der Waals surface area (Å²) in [5.74, 6) is -0.137. The normalized spacial score (nSPS) is 14.6. The molecule has 0 spiro atoms. The van der Waals surface area contributed by atoms with E-state index in [1.54, 1.807) is 6.08 Å². The molecule has 52 valence electrons. The summed E-state index contributed by atoms with van der Waals surface area (Å²) in [5.41, 5.74) is 0. The van der Waals surface area contributed by atoms with E-state index >= 15 is 0 Å². The molecule has 0 aliphatic carbocycles. The van der Waals surface area contributed by atoms with E-state index in [9.17, 15) is 4.79 Å². The third-order valence-corrected chi connectivity index (χ3v) is 0.948. The lowest BCUT2D eigenvalue weighted by Crippen LogP contribution is -2.03. The molecule has 0 aromatic rings. The summed E-state index contributed by atoms with van der Waals surface area (Å²) in [6.45, 7) is 3.29. The molecule has 0 fully saturated rings. The first-order valence-corrected chi connectivity index (χ1v) is 2.71. The number of carbonyl (C=O) groups excluding carboxylic acids is 1. The Morgan fingerprint density at radius 3 is 3.00 bits per heavy atom. The summed E-state index contributed by atoms with van der Waals surface area (Å²) in [7, 11) is 0. The van der Waals surface area contributed by atoms with Crippen LogP contribution in [-0.2, 0) is 14.6 Å². The number of rotatable bonds is 2. The molecule has 1 aliphatic rings. The Hall–Kier alpha value is -1.51. The molecule has 1 heterocycles. The Balaban J connectivity index is 2.71. The van der Waals surface area contributed by atoms with Crippen LogP contribution in [0.1, 0.15) is 0 Å². The highest BCUT2D eigenvalue weighted by Crippen LogP contribution is 2.06. The van der Waals surface area contributed by atoms with Gasteiger partial charge in [0.2, 0.25) is 11.5 Å². The number of allylic oxidation sites excluding steroid dienone is 3. The van der Waals surface area contributed by atoms with Gasteiger partial charge in [-0.2, -0.15) is 0 Å². The highest BCUT2D eigenvalue weighted by atomic mass is 17.2. The van der Waals surface area contributed by atoms with Crippen molar-refractivity contribution in [1.82, 2.24) is 0 Å². The quantitative estimate of drug-likeness (QED) is 0.423. The van der Waals surface area contributed by atoms with Gasteiger partial charge in [0.05, 0.1) is 0 Å². The van der Waals surface area contributed by atoms with E-state index in [1.807, 2.05) is 0 Å². The van der Waals surface area contributed by atoms with Crippen molar-refractivity contribution in [2.24, 2.45) is 0 Å². The van der Waals surface area contributed by atoms with E-state index in [0.717, 1.165) is 6.08 Å². The number of hydrogen-bond donors (Lipinski definition) is 0. The van der Waals surface area contributed by atoms with Crippen LogP contribution in [0.4, 0.5) is 0 Å². The van der Waals surface area contributed by atoms with Crippen molar-refractivity contribution in [2.75, 3.05) is 0 Å². The van der Waals surface area contributed by atoms with E-state index in [-0.39, 0.29) is 11.5 Å². The molecule has 0 N–H and O–H groups in total. The van der Waals surface area contributed by atoms with Gasteiger partial charge in [0.15, 0.2) is 0 Å². The van der Waals surface area contributed by atoms with Crippen LogP contribution in [-0.4, -0.2) is 5.78 Å². The van der Waals surface area contributed by atoms with Crippen molar-refractivity contribution in [3.63, 3.8) is 0 Å². The minimum absolute atomic E-state index is 0.150. The molecule has 0 bridgehead atoms. The van der Waals surface area contributed by atoms with Crippen molar-refractivity contribution in [3.05, 3.63) is 36.8 Å². The SMILES string of the molecule is C=CC(=O)C1=CC=COO1. The fourth-order valence-electron chi connectivity index (χ4n) is 0.490. The van der Waals surface area contributed by atoms with E-state index in [0.29, 0.717) is 0 Å². The average molecular weight is 138 g/mol. The van der Waals surface area contributed by atoms with Crippen LogP contribution in [0.5, 0.6) is 0 Å². The smallest absolute Gasteiger partial charge is 0.225 e. The molecule has 0 aromatic heterocycles. The zero-order valence-electron chi connectivity index (χ0n) is 5.24. The summed E-state index contributed by atoms with van der Waals surface area (Å²) in [6.07, 6.45) is 5.57. The standard InChI is InChI=1S/C7H6O3/c1-2-6(8)7-4-3-5-9-10-7/h2-5H,1H2. The average Bonchev–Trinajstić information content (AvgIpc) is 2.05. The van der Waals surface area contributed by atoms with Crippen LogP contribution in [0.15, 0.2) is 36.8 Å². The summed E-state index contributed by atoms with van der Waals surface area (Å²) >= 11 is 0. The Morgan fingerprint density at radius 1 is 1.70 bits per heavy atom. The van der Waals surface area contributed by atoms with Gasteiger partial charge in [-0.1, -0.05) is 6.58 Å². The van der Waals surface area contributed by atoms with Gasteiger partial charge in [-0.05, 0) is 18.2 Å². The van der Waals surface area contributed by atoms with Crippen LogP contribution in [0.2, 0.25) is 0 Å². The zero-order valence-corrected chi connectivity index (χ0v) is 5.24. The van der Waals surface area contributed by atoms with Gasteiger partial charge in [0.25, 0.3) is 0 Å². The minimum atomic E-state index is -0.288. The van der Waals surface area contributed by atoms with Gasteiger partial charge in [0, 0.05) is 0 Å². The maximum atomic E-state index is 10.7. The molecule has 0 aromatic carbocycles. The van der Waals surface area contributed by atoms with E-state index in [4.69, 9.17) is 0 Å². The fraction of sp³-hybridized carbons (Fsp3) is 0. The Morgan fingerprint density at radius 2 is 2.50 bits per heavy atom. The van der Waals surface area contributed by atoms with Gasteiger partial charge < -0.3 is 0 Å². The van der Waals surface area contributed by atoms with Gasteiger partial charge >= 0.3 is 0 Å². The van der Waals surface area contributed by atoms with Gasteiger partial charge in [-0.25, -0.2) is 0 Å². The van der Waals surface area contributed by atoms with Gasteiger partial charge in [-0.3, -0.25) is 14.6 Å². The summed E-state index contributed by atoms with van der Waals surface area (Å²) in [5, 5.41) is 0. The highest BCUT2D eigenvalue weighted by Gasteiger charge is 2.08. The van der Waals surface area contributed by atoms with Crippen molar-refractivity contribution in [2.45, 2.75) is 0 Å². The molecule has 0 radical (unpaired) electrons. The third-order valence-electron chi connectivity index (χ3n) is 0.948. The molecule has 1 rings (SSSR count). The van der Waals surface area contributed by atoms with E-state index in [2.05, 4.69) is 16.4 Å². The predicted octanol–water partition coefficient (Wildman–Crippen LogP) is 1.10. The second-order valence-electron chi connectivity index (χ2n) is 1.61. The van der Waals surface area contributed by atoms with E-state index < -0.39 is 0 Å². The molecule has 0 amide bonds. The molecule has 3 heteroatoms. The van der Waals surface area contributed by atoms with E-state index in [1.165, 1.54) is 12.3 Å². The lowest BCUT2D eigenvalue weighted by atomic mass is 10.3. The first kappa shape index (κ1) is 6.61. The lowest BCUT2D eigenvalue weighted by molar-refractivity contribution is -0.214. The maximum absolute atomic E-state index is 10.7. The third kappa shape index (κ3) is 1.25. The summed E-state index contributed by atoms with van der Waals surface area (Å²) in [4.78, 5) is 19.6. The van der Waals surface area contributed by atoms with Crippen LogP contribution < -0.4 is 0 Å². The maximum Gasteiger partial charge on any atom is 0.225 e. The largest absolute Gasteiger partial charge is 0.298 e. The first-order chi connectivity index (χ1) is 4.84. The highest BCUT2D eigenvalue weighted by molar-refractivity contribution is 6.02. The number of hydrogen-bond acceptors (Lipinski definition) is 3. The van der Waals surface area contributed by atoms with Crippen LogP contribution in [0, 0.1) is 0 Å².